The minimum absolute atomic E-state index is 0.0819. The number of benzene rings is 1. The van der Waals surface area contributed by atoms with Crippen LogP contribution in [0.3, 0.4) is 0 Å². The quantitative estimate of drug-likeness (QED) is 0.622. The number of nitrogens with one attached hydrogen (secondary N) is 2. The molecule has 5 nitrogen and oxygen atoms in total. The summed E-state index contributed by atoms with van der Waals surface area (Å²) >= 11 is 5.27. The van der Waals surface area contributed by atoms with Crippen LogP contribution in [0, 0.1) is 0 Å². The van der Waals surface area contributed by atoms with Crippen molar-refractivity contribution in [3.05, 3.63) is 29.8 Å². The van der Waals surface area contributed by atoms with Crippen molar-refractivity contribution >= 4 is 34.9 Å². The maximum absolute atomic E-state index is 11.5. The smallest absolute Gasteiger partial charge is 0.243 e. The number of Topliss-reactive ketones (excluding diaryl/α,β-unsaturated/α-hetero) is 1. The van der Waals surface area contributed by atoms with Gasteiger partial charge in [-0.1, -0.05) is 12.1 Å². The molecule has 0 fully saturated rings. The van der Waals surface area contributed by atoms with E-state index in [9.17, 15) is 14.4 Å². The Bertz CT molecular complexity index is 474. The zero-order valence-corrected chi connectivity index (χ0v) is 10.6. The normalized spacial score (nSPS) is 9.67. The third-order valence-corrected chi connectivity index (χ3v) is 2.36. The number of hydrogen-bond acceptors (Lipinski definition) is 3. The molecule has 6 heteroatoms. The molecule has 0 spiro atoms. The summed E-state index contributed by atoms with van der Waals surface area (Å²) in [4.78, 5) is 33.5. The highest BCUT2D eigenvalue weighted by atomic mass is 35.5. The van der Waals surface area contributed by atoms with Crippen LogP contribution in [0.5, 0.6) is 0 Å². The number of carbonyl (C=O) groups excluding carboxylic acids is 3. The van der Waals surface area contributed by atoms with Crippen LogP contribution in [-0.2, 0) is 9.59 Å². The number of alkyl halides is 1. The van der Waals surface area contributed by atoms with Gasteiger partial charge in [-0.15, -0.1) is 11.6 Å². The van der Waals surface area contributed by atoms with Gasteiger partial charge in [0.25, 0.3) is 0 Å². The van der Waals surface area contributed by atoms with E-state index in [2.05, 4.69) is 10.6 Å². The summed E-state index contributed by atoms with van der Waals surface area (Å²) < 4.78 is 0. The fraction of sp³-hybridized carbons (Fsp3) is 0.250. The Morgan fingerprint density at radius 3 is 2.56 bits per heavy atom. The van der Waals surface area contributed by atoms with Crippen LogP contribution in [0.1, 0.15) is 17.3 Å². The first-order chi connectivity index (χ1) is 8.52. The predicted octanol–water partition coefficient (Wildman–Crippen LogP) is 1.18. The minimum Gasteiger partial charge on any atom is -0.346 e. The van der Waals surface area contributed by atoms with Gasteiger partial charge in [-0.25, -0.2) is 0 Å². The van der Waals surface area contributed by atoms with Gasteiger partial charge in [0.1, 0.15) is 5.88 Å². The average molecular weight is 269 g/mol. The molecule has 0 radical (unpaired) electrons. The predicted molar refractivity (Wildman–Crippen MR) is 68.8 cm³/mol. The van der Waals surface area contributed by atoms with E-state index in [1.165, 1.54) is 6.92 Å². The Morgan fingerprint density at radius 1 is 1.22 bits per heavy atom. The third kappa shape index (κ3) is 4.55. The number of hydrogen-bond donors (Lipinski definition) is 2. The van der Waals surface area contributed by atoms with Gasteiger partial charge in [0.05, 0.1) is 6.54 Å². The second-order valence-corrected chi connectivity index (χ2v) is 3.86. The molecule has 0 aliphatic heterocycles. The molecule has 1 rings (SSSR count). The molecule has 0 unspecified atom stereocenters. The largest absolute Gasteiger partial charge is 0.346 e. The van der Waals surface area contributed by atoms with Crippen molar-refractivity contribution in [2.24, 2.45) is 0 Å². The lowest BCUT2D eigenvalue weighted by atomic mass is 10.1. The summed E-state index contributed by atoms with van der Waals surface area (Å²) in [5.74, 6) is -1.06. The van der Waals surface area contributed by atoms with Crippen molar-refractivity contribution in [2.45, 2.75) is 6.92 Å². The van der Waals surface area contributed by atoms with Gasteiger partial charge in [0.15, 0.2) is 5.78 Å². The van der Waals surface area contributed by atoms with Crippen LogP contribution in [0.4, 0.5) is 5.69 Å². The van der Waals surface area contributed by atoms with Gasteiger partial charge in [-0.05, 0) is 19.1 Å². The maximum atomic E-state index is 11.5. The zero-order valence-electron chi connectivity index (χ0n) is 9.83. The number of amides is 2. The summed E-state index contributed by atoms with van der Waals surface area (Å²) in [5.41, 5.74) is 1.02. The van der Waals surface area contributed by atoms with Crippen molar-refractivity contribution in [3.63, 3.8) is 0 Å². The van der Waals surface area contributed by atoms with E-state index in [0.29, 0.717) is 11.3 Å². The van der Waals surface area contributed by atoms with E-state index in [-0.39, 0.29) is 24.1 Å². The van der Waals surface area contributed by atoms with Crippen molar-refractivity contribution in [3.8, 4) is 0 Å². The first kappa shape index (κ1) is 14.2. The molecule has 0 atom stereocenters. The number of anilines is 1. The Labute approximate surface area is 110 Å². The molecule has 2 amide bonds. The number of carbonyl (C=O) groups is 3. The van der Waals surface area contributed by atoms with Crippen molar-refractivity contribution in [2.75, 3.05) is 17.7 Å². The molecule has 96 valence electrons. The lowest BCUT2D eigenvalue weighted by Crippen LogP contribution is -2.33. The molecule has 0 saturated carbocycles. The summed E-state index contributed by atoms with van der Waals surface area (Å²) in [6.45, 7) is 1.29. The highest BCUT2D eigenvalue weighted by molar-refractivity contribution is 6.27. The van der Waals surface area contributed by atoms with Crippen LogP contribution >= 0.6 is 11.6 Å². The Balaban J connectivity index is 2.56. The first-order valence-electron chi connectivity index (χ1n) is 5.26. The van der Waals surface area contributed by atoms with Crippen LogP contribution < -0.4 is 10.6 Å². The fourth-order valence-corrected chi connectivity index (χ4v) is 1.34. The highest BCUT2D eigenvalue weighted by Gasteiger charge is 2.06. The van der Waals surface area contributed by atoms with Gasteiger partial charge in [0.2, 0.25) is 11.8 Å². The maximum Gasteiger partial charge on any atom is 0.243 e. The molecule has 1 aromatic rings. The topological polar surface area (TPSA) is 75.3 Å². The molecule has 0 aliphatic rings. The van der Waals surface area contributed by atoms with Crippen molar-refractivity contribution in [1.29, 1.82) is 0 Å². The molecule has 0 saturated heterocycles. The summed E-state index contributed by atoms with van der Waals surface area (Å²) in [6, 6.07) is 6.56. The number of rotatable bonds is 5. The van der Waals surface area contributed by atoms with Crippen molar-refractivity contribution < 1.29 is 14.4 Å². The second-order valence-electron chi connectivity index (χ2n) is 3.60. The van der Waals surface area contributed by atoms with E-state index in [4.69, 9.17) is 11.6 Å². The van der Waals surface area contributed by atoms with Crippen LogP contribution in [0.15, 0.2) is 24.3 Å². The Kier molecular flexibility index (Phi) is 5.32. The molecule has 0 aromatic heterocycles. The van der Waals surface area contributed by atoms with E-state index in [1.54, 1.807) is 24.3 Å². The second kappa shape index (κ2) is 6.76. The summed E-state index contributed by atoms with van der Waals surface area (Å²) in [5, 5.41) is 4.91. The Morgan fingerprint density at radius 2 is 1.94 bits per heavy atom. The number of ketones is 1. The van der Waals surface area contributed by atoms with Crippen LogP contribution in [0.25, 0.3) is 0 Å². The fourth-order valence-electron chi connectivity index (χ4n) is 1.25. The average Bonchev–Trinajstić information content (AvgIpc) is 2.36. The molecule has 0 heterocycles. The molecular formula is C12H13ClN2O3. The summed E-state index contributed by atoms with van der Waals surface area (Å²) in [6.07, 6.45) is 0. The molecule has 18 heavy (non-hydrogen) atoms. The van der Waals surface area contributed by atoms with Gasteiger partial charge in [-0.2, -0.15) is 0 Å². The first-order valence-corrected chi connectivity index (χ1v) is 5.80. The van der Waals surface area contributed by atoms with Gasteiger partial charge >= 0.3 is 0 Å². The monoisotopic (exact) mass is 268 g/mol. The van der Waals surface area contributed by atoms with E-state index in [0.717, 1.165) is 0 Å². The molecule has 0 aliphatic carbocycles. The zero-order chi connectivity index (χ0) is 13.5. The molecule has 2 N–H and O–H groups in total. The van der Waals surface area contributed by atoms with Gasteiger partial charge in [-0.3, -0.25) is 14.4 Å². The SMILES string of the molecule is CC(=O)c1cccc(NC(=O)CNC(=O)CCl)c1. The highest BCUT2D eigenvalue weighted by Crippen LogP contribution is 2.10. The van der Waals surface area contributed by atoms with E-state index < -0.39 is 5.91 Å². The molecule has 0 bridgehead atoms. The van der Waals surface area contributed by atoms with Crippen LogP contribution in [-0.4, -0.2) is 30.0 Å². The van der Waals surface area contributed by atoms with Crippen molar-refractivity contribution in [1.82, 2.24) is 5.32 Å². The van der Waals surface area contributed by atoms with Crippen LogP contribution in [0.2, 0.25) is 0 Å². The molecular weight excluding hydrogens is 256 g/mol. The standard InChI is InChI=1S/C12H13ClN2O3/c1-8(16)9-3-2-4-10(5-9)15-12(18)7-14-11(17)6-13/h2-5H,6-7H2,1H3,(H,14,17)(H,15,18). The third-order valence-electron chi connectivity index (χ3n) is 2.12. The van der Waals surface area contributed by atoms with E-state index >= 15 is 0 Å². The van der Waals surface area contributed by atoms with Gasteiger partial charge < -0.3 is 10.6 Å². The lowest BCUT2D eigenvalue weighted by molar-refractivity contribution is -0.122. The lowest BCUT2D eigenvalue weighted by Gasteiger charge is -2.06. The Hall–Kier alpha value is -1.88. The molecule has 1 aromatic carbocycles. The summed E-state index contributed by atoms with van der Waals surface area (Å²) in [7, 11) is 0. The van der Waals surface area contributed by atoms with Gasteiger partial charge in [0, 0.05) is 11.3 Å². The van der Waals surface area contributed by atoms with E-state index in [1.807, 2.05) is 0 Å². The number of halogens is 1. The minimum atomic E-state index is -0.413.